The van der Waals surface area contributed by atoms with E-state index in [9.17, 15) is 14.4 Å². The number of nitrogens with zero attached hydrogens (tertiary/aromatic N) is 2. The summed E-state index contributed by atoms with van der Waals surface area (Å²) in [5.41, 5.74) is 1.88. The fourth-order valence-corrected chi connectivity index (χ4v) is 4.64. The van der Waals surface area contributed by atoms with E-state index in [0.717, 1.165) is 16.9 Å². The van der Waals surface area contributed by atoms with Crippen LogP contribution >= 0.6 is 11.8 Å². The molecule has 8 nitrogen and oxygen atoms in total. The lowest BCUT2D eigenvalue weighted by Gasteiger charge is -2.37. The average molecular weight is 423 g/mol. The first-order chi connectivity index (χ1) is 14.0. The number of esters is 1. The Morgan fingerprint density at radius 3 is 2.48 bits per heavy atom. The van der Waals surface area contributed by atoms with Gasteiger partial charge < -0.3 is 24.0 Å². The van der Waals surface area contributed by atoms with Crippen LogP contribution in [-0.4, -0.2) is 73.6 Å². The lowest BCUT2D eigenvalue weighted by Crippen LogP contribution is -2.42. The van der Waals surface area contributed by atoms with E-state index in [1.165, 1.54) is 18.9 Å². The minimum Gasteiger partial charge on any atom is -0.493 e. The second kappa shape index (κ2) is 9.39. The van der Waals surface area contributed by atoms with Gasteiger partial charge >= 0.3 is 5.97 Å². The van der Waals surface area contributed by atoms with Crippen molar-refractivity contribution in [2.45, 2.75) is 25.3 Å². The van der Waals surface area contributed by atoms with Gasteiger partial charge in [0, 0.05) is 31.8 Å². The van der Waals surface area contributed by atoms with E-state index >= 15 is 0 Å². The normalized spacial score (nSPS) is 18.4. The highest BCUT2D eigenvalue weighted by Gasteiger charge is 2.34. The Labute approximate surface area is 174 Å². The van der Waals surface area contributed by atoms with Crippen LogP contribution < -0.4 is 9.47 Å². The molecule has 1 aromatic carbocycles. The third kappa shape index (κ3) is 4.60. The molecule has 0 spiro atoms. The summed E-state index contributed by atoms with van der Waals surface area (Å²) in [6, 6.07) is 3.30. The SMILES string of the molecule is COC(=O)CC1c2cc(OC)c(OC)cc2CCN1C(=O)CCN1CCSC1=O. The fourth-order valence-electron chi connectivity index (χ4n) is 3.79. The summed E-state index contributed by atoms with van der Waals surface area (Å²) in [5, 5.41) is 0.0183. The molecule has 0 aromatic heterocycles. The van der Waals surface area contributed by atoms with E-state index in [4.69, 9.17) is 14.2 Å². The number of thioether (sulfide) groups is 1. The molecule has 2 aliphatic rings. The molecule has 158 valence electrons. The Kier molecular flexibility index (Phi) is 6.89. The van der Waals surface area contributed by atoms with E-state index in [-0.39, 0.29) is 30.0 Å². The van der Waals surface area contributed by atoms with Crippen molar-refractivity contribution in [2.75, 3.05) is 46.7 Å². The van der Waals surface area contributed by atoms with E-state index in [0.29, 0.717) is 37.6 Å². The quantitative estimate of drug-likeness (QED) is 0.623. The minimum atomic E-state index is -0.442. The number of benzene rings is 1. The first kappa shape index (κ1) is 21.3. The lowest BCUT2D eigenvalue weighted by atomic mass is 9.89. The molecule has 29 heavy (non-hydrogen) atoms. The van der Waals surface area contributed by atoms with Crippen LogP contribution in [0, 0.1) is 0 Å². The first-order valence-corrected chi connectivity index (χ1v) is 10.5. The summed E-state index contributed by atoms with van der Waals surface area (Å²) < 4.78 is 15.7. The van der Waals surface area contributed by atoms with E-state index in [2.05, 4.69) is 0 Å². The van der Waals surface area contributed by atoms with Gasteiger partial charge in [-0.15, -0.1) is 0 Å². The highest BCUT2D eigenvalue weighted by Crippen LogP contribution is 2.39. The number of rotatable bonds is 7. The summed E-state index contributed by atoms with van der Waals surface area (Å²) in [5.74, 6) is 1.46. The summed E-state index contributed by atoms with van der Waals surface area (Å²) >= 11 is 1.28. The molecular weight excluding hydrogens is 396 g/mol. The highest BCUT2D eigenvalue weighted by molar-refractivity contribution is 8.13. The third-order valence-electron chi connectivity index (χ3n) is 5.35. The van der Waals surface area contributed by atoms with Gasteiger partial charge in [0.05, 0.1) is 33.8 Å². The topological polar surface area (TPSA) is 85.4 Å². The van der Waals surface area contributed by atoms with Gasteiger partial charge in [0.25, 0.3) is 5.24 Å². The second-order valence-electron chi connectivity index (χ2n) is 6.89. The Balaban J connectivity index is 1.84. The maximum absolute atomic E-state index is 13.0. The predicted octanol–water partition coefficient (Wildman–Crippen LogP) is 2.25. The number of hydrogen-bond donors (Lipinski definition) is 0. The van der Waals surface area contributed by atoms with Crippen molar-refractivity contribution in [3.63, 3.8) is 0 Å². The van der Waals surface area contributed by atoms with Crippen LogP contribution in [-0.2, 0) is 20.7 Å². The van der Waals surface area contributed by atoms with Crippen molar-refractivity contribution < 1.29 is 28.6 Å². The molecule has 1 fully saturated rings. The zero-order valence-electron chi connectivity index (χ0n) is 16.9. The van der Waals surface area contributed by atoms with Gasteiger partial charge in [0.1, 0.15) is 0 Å². The Bertz CT molecular complexity index is 799. The van der Waals surface area contributed by atoms with E-state index < -0.39 is 6.04 Å². The molecule has 0 saturated carbocycles. The number of carbonyl (C=O) groups excluding carboxylic acids is 3. The van der Waals surface area contributed by atoms with Crippen LogP contribution in [0.3, 0.4) is 0 Å². The Hall–Kier alpha value is -2.42. The standard InChI is InChI=1S/C20H26N2O6S/c1-26-16-10-13-4-7-22(18(23)5-6-21-8-9-29-20(21)25)15(12-19(24)28-3)14(13)11-17(16)27-2/h10-11,15H,4-9,12H2,1-3H3. The van der Waals surface area contributed by atoms with Crippen LogP contribution in [0.15, 0.2) is 12.1 Å². The molecule has 1 unspecified atom stereocenters. The summed E-state index contributed by atoms with van der Waals surface area (Å²) in [4.78, 5) is 40.3. The van der Waals surface area contributed by atoms with Crippen LogP contribution in [0.5, 0.6) is 11.5 Å². The monoisotopic (exact) mass is 422 g/mol. The fraction of sp³-hybridized carbons (Fsp3) is 0.550. The molecule has 0 N–H and O–H groups in total. The Morgan fingerprint density at radius 1 is 1.14 bits per heavy atom. The van der Waals surface area contributed by atoms with Gasteiger partial charge in [-0.25, -0.2) is 0 Å². The molecule has 0 bridgehead atoms. The number of carbonyl (C=O) groups is 3. The van der Waals surface area contributed by atoms with E-state index in [1.54, 1.807) is 24.0 Å². The van der Waals surface area contributed by atoms with Crippen molar-refractivity contribution in [3.8, 4) is 11.5 Å². The number of methoxy groups -OCH3 is 3. The molecule has 2 aliphatic heterocycles. The summed E-state index contributed by atoms with van der Waals surface area (Å²) in [6.07, 6.45) is 0.938. The lowest BCUT2D eigenvalue weighted by molar-refractivity contribution is -0.144. The maximum atomic E-state index is 13.0. The van der Waals surface area contributed by atoms with Crippen molar-refractivity contribution in [1.82, 2.24) is 9.80 Å². The summed E-state index contributed by atoms with van der Waals surface area (Å²) in [7, 11) is 4.46. The molecule has 2 heterocycles. The van der Waals surface area contributed by atoms with Crippen molar-refractivity contribution in [3.05, 3.63) is 23.3 Å². The molecule has 1 aromatic rings. The van der Waals surface area contributed by atoms with Crippen LogP contribution in [0.25, 0.3) is 0 Å². The molecule has 1 saturated heterocycles. The number of amides is 2. The van der Waals surface area contributed by atoms with Crippen LogP contribution in [0.1, 0.15) is 30.0 Å². The Morgan fingerprint density at radius 2 is 1.86 bits per heavy atom. The zero-order valence-corrected chi connectivity index (χ0v) is 17.8. The first-order valence-electron chi connectivity index (χ1n) is 9.51. The molecule has 0 radical (unpaired) electrons. The van der Waals surface area contributed by atoms with Crippen LogP contribution in [0.2, 0.25) is 0 Å². The number of hydrogen-bond acceptors (Lipinski definition) is 7. The van der Waals surface area contributed by atoms with Gasteiger partial charge in [-0.3, -0.25) is 14.4 Å². The van der Waals surface area contributed by atoms with E-state index in [1.807, 2.05) is 12.1 Å². The van der Waals surface area contributed by atoms with Gasteiger partial charge in [-0.05, 0) is 29.7 Å². The zero-order chi connectivity index (χ0) is 21.0. The number of fused-ring (bicyclic) bond motifs is 1. The largest absolute Gasteiger partial charge is 0.493 e. The van der Waals surface area contributed by atoms with Crippen molar-refractivity contribution >= 4 is 28.9 Å². The third-order valence-corrected chi connectivity index (χ3v) is 6.24. The smallest absolute Gasteiger partial charge is 0.307 e. The van der Waals surface area contributed by atoms with Gasteiger partial charge in [0.15, 0.2) is 11.5 Å². The van der Waals surface area contributed by atoms with Gasteiger partial charge in [0.2, 0.25) is 5.91 Å². The maximum Gasteiger partial charge on any atom is 0.307 e. The molecule has 2 amide bonds. The second-order valence-corrected chi connectivity index (χ2v) is 7.94. The molecule has 9 heteroatoms. The average Bonchev–Trinajstić information content (AvgIpc) is 3.15. The van der Waals surface area contributed by atoms with Crippen LogP contribution in [0.4, 0.5) is 4.79 Å². The summed E-state index contributed by atoms with van der Waals surface area (Å²) in [6.45, 7) is 1.55. The molecule has 1 atom stereocenters. The predicted molar refractivity (Wildman–Crippen MR) is 108 cm³/mol. The minimum absolute atomic E-state index is 0.0183. The van der Waals surface area contributed by atoms with Crippen molar-refractivity contribution in [2.24, 2.45) is 0 Å². The molecule has 3 rings (SSSR count). The molecule has 0 aliphatic carbocycles. The van der Waals surface area contributed by atoms with Gasteiger partial charge in [-0.2, -0.15) is 0 Å². The number of ether oxygens (including phenoxy) is 3. The molecular formula is C20H26N2O6S. The highest BCUT2D eigenvalue weighted by atomic mass is 32.2. The van der Waals surface area contributed by atoms with Gasteiger partial charge in [-0.1, -0.05) is 11.8 Å². The van der Waals surface area contributed by atoms with Crippen molar-refractivity contribution in [1.29, 1.82) is 0 Å².